The van der Waals surface area contributed by atoms with E-state index in [2.05, 4.69) is 62.6 Å². The Morgan fingerprint density at radius 1 is 1.29 bits per heavy atom. The summed E-state index contributed by atoms with van der Waals surface area (Å²) in [6.45, 7) is 10.2. The number of aromatic nitrogens is 2. The average Bonchev–Trinajstić information content (AvgIpc) is 3.45. The number of nitrogens with zero attached hydrogens (tertiary/aromatic N) is 4. The average molecular weight is 403 g/mol. The molecule has 6 nitrogen and oxygen atoms in total. The molecule has 0 bridgehead atoms. The van der Waals surface area contributed by atoms with Gasteiger partial charge < -0.3 is 15.2 Å². The molecule has 1 unspecified atom stereocenters. The second-order valence-corrected chi connectivity index (χ2v) is 8.27. The number of likely N-dealkylation sites (tertiary alicyclic amines) is 1. The minimum atomic E-state index is 0.405. The van der Waals surface area contributed by atoms with Crippen LogP contribution in [0.5, 0.6) is 0 Å². The van der Waals surface area contributed by atoms with Crippen LogP contribution < -0.4 is 10.6 Å². The van der Waals surface area contributed by atoms with Crippen molar-refractivity contribution in [2.45, 2.75) is 52.1 Å². The van der Waals surface area contributed by atoms with E-state index in [-0.39, 0.29) is 0 Å². The Morgan fingerprint density at radius 2 is 2.14 bits per heavy atom. The van der Waals surface area contributed by atoms with E-state index in [1.54, 1.807) is 0 Å². The third kappa shape index (κ3) is 6.07. The summed E-state index contributed by atoms with van der Waals surface area (Å²) in [5.41, 5.74) is 0. The van der Waals surface area contributed by atoms with Gasteiger partial charge in [-0.15, -0.1) is 11.3 Å². The number of aryl methyl sites for hydroxylation is 2. The Morgan fingerprint density at radius 3 is 2.82 bits per heavy atom. The first-order chi connectivity index (χ1) is 13.8. The lowest BCUT2D eigenvalue weighted by Gasteiger charge is -2.25. The third-order valence-corrected chi connectivity index (χ3v) is 6.24. The first-order valence-electron chi connectivity index (χ1n) is 10.5. The summed E-state index contributed by atoms with van der Waals surface area (Å²) in [4.78, 5) is 13.2. The number of nitrogens with one attached hydrogen (secondary N) is 2. The van der Waals surface area contributed by atoms with Crippen molar-refractivity contribution in [3.63, 3.8) is 0 Å². The van der Waals surface area contributed by atoms with Crippen molar-refractivity contribution in [2.24, 2.45) is 4.99 Å². The second kappa shape index (κ2) is 11.2. The maximum absolute atomic E-state index is 4.92. The maximum atomic E-state index is 4.92. The van der Waals surface area contributed by atoms with E-state index in [4.69, 9.17) is 4.99 Å². The molecule has 1 atom stereocenters. The zero-order chi connectivity index (χ0) is 19.6. The van der Waals surface area contributed by atoms with Gasteiger partial charge in [-0.3, -0.25) is 9.89 Å². The van der Waals surface area contributed by atoms with Crippen molar-refractivity contribution in [3.05, 3.63) is 40.6 Å². The molecule has 0 radical (unpaired) electrons. The van der Waals surface area contributed by atoms with Crippen LogP contribution in [0.1, 0.15) is 49.4 Å². The standard InChI is InChI=1S/C21H34N6S/c1-3-22-21(24-10-4-5-12-26-15-11-23-18(26)2)25-17-19(20-9-8-16-28-20)27-13-6-7-14-27/h8-9,11,15-16,19H,3-7,10,12-14,17H2,1-2H3,(H2,22,24,25). The highest BCUT2D eigenvalue weighted by Gasteiger charge is 2.24. The molecule has 28 heavy (non-hydrogen) atoms. The van der Waals surface area contributed by atoms with E-state index in [9.17, 15) is 0 Å². The monoisotopic (exact) mass is 402 g/mol. The van der Waals surface area contributed by atoms with E-state index in [0.29, 0.717) is 6.04 Å². The molecule has 0 amide bonds. The summed E-state index contributed by atoms with van der Waals surface area (Å²) in [7, 11) is 0. The lowest BCUT2D eigenvalue weighted by atomic mass is 10.2. The summed E-state index contributed by atoms with van der Waals surface area (Å²) in [5, 5.41) is 9.08. The lowest BCUT2D eigenvalue weighted by Crippen LogP contribution is -2.38. The van der Waals surface area contributed by atoms with Crippen molar-refractivity contribution >= 4 is 17.3 Å². The number of hydrogen-bond acceptors (Lipinski definition) is 4. The predicted molar refractivity (Wildman–Crippen MR) is 118 cm³/mol. The SMILES string of the molecule is CCNC(=NCC(c1cccs1)N1CCCC1)NCCCCn1ccnc1C. The fourth-order valence-corrected chi connectivity index (χ4v) is 4.55. The number of aliphatic imine (C=N–C) groups is 1. The van der Waals surface area contributed by atoms with Gasteiger partial charge in [0.1, 0.15) is 5.82 Å². The van der Waals surface area contributed by atoms with Crippen LogP contribution in [-0.4, -0.2) is 53.1 Å². The molecule has 1 saturated heterocycles. The van der Waals surface area contributed by atoms with Gasteiger partial charge in [-0.2, -0.15) is 0 Å². The summed E-state index contributed by atoms with van der Waals surface area (Å²) < 4.78 is 2.21. The normalized spacial score (nSPS) is 16.4. The Bertz CT molecular complexity index is 702. The molecule has 0 saturated carbocycles. The lowest BCUT2D eigenvalue weighted by molar-refractivity contribution is 0.255. The largest absolute Gasteiger partial charge is 0.357 e. The maximum Gasteiger partial charge on any atom is 0.191 e. The van der Waals surface area contributed by atoms with Gasteiger partial charge in [0.25, 0.3) is 0 Å². The zero-order valence-corrected chi connectivity index (χ0v) is 18.0. The number of imidazole rings is 1. The molecule has 2 aromatic heterocycles. The molecule has 2 N–H and O–H groups in total. The molecular formula is C21H34N6S. The van der Waals surface area contributed by atoms with Gasteiger partial charge in [-0.1, -0.05) is 6.07 Å². The molecule has 1 aliphatic heterocycles. The van der Waals surface area contributed by atoms with Crippen LogP contribution in [0.2, 0.25) is 0 Å². The van der Waals surface area contributed by atoms with Gasteiger partial charge >= 0.3 is 0 Å². The fourth-order valence-electron chi connectivity index (χ4n) is 3.69. The van der Waals surface area contributed by atoms with E-state index in [0.717, 1.165) is 50.8 Å². The highest BCUT2D eigenvalue weighted by molar-refractivity contribution is 7.10. The van der Waals surface area contributed by atoms with Gasteiger partial charge in [-0.25, -0.2) is 4.98 Å². The summed E-state index contributed by atoms with van der Waals surface area (Å²) in [6, 6.07) is 4.81. The van der Waals surface area contributed by atoms with Gasteiger partial charge in [-0.05, 0) is 64.1 Å². The Kier molecular flexibility index (Phi) is 8.36. The molecular weight excluding hydrogens is 368 g/mol. The topological polar surface area (TPSA) is 57.5 Å². The van der Waals surface area contributed by atoms with E-state index >= 15 is 0 Å². The molecule has 0 spiro atoms. The van der Waals surface area contributed by atoms with Crippen molar-refractivity contribution in [3.8, 4) is 0 Å². The quantitative estimate of drug-likeness (QED) is 0.363. The van der Waals surface area contributed by atoms with Gasteiger partial charge in [0.05, 0.1) is 12.6 Å². The van der Waals surface area contributed by atoms with Crippen molar-refractivity contribution in [2.75, 3.05) is 32.7 Å². The number of hydrogen-bond donors (Lipinski definition) is 2. The summed E-state index contributed by atoms with van der Waals surface area (Å²) in [5.74, 6) is 2.02. The van der Waals surface area contributed by atoms with Crippen LogP contribution >= 0.6 is 11.3 Å². The first kappa shape index (κ1) is 20.9. The van der Waals surface area contributed by atoms with Crippen LogP contribution in [0.25, 0.3) is 0 Å². The van der Waals surface area contributed by atoms with Crippen molar-refractivity contribution < 1.29 is 0 Å². The van der Waals surface area contributed by atoms with E-state index in [1.165, 1.54) is 30.8 Å². The summed E-state index contributed by atoms with van der Waals surface area (Å²) >= 11 is 1.85. The van der Waals surface area contributed by atoms with E-state index < -0.39 is 0 Å². The molecule has 3 rings (SSSR count). The minimum Gasteiger partial charge on any atom is -0.357 e. The Balaban J connectivity index is 1.48. The smallest absolute Gasteiger partial charge is 0.191 e. The Labute approximate surface area is 173 Å². The van der Waals surface area contributed by atoms with Crippen LogP contribution in [0.3, 0.4) is 0 Å². The van der Waals surface area contributed by atoms with Crippen LogP contribution in [0.15, 0.2) is 34.9 Å². The molecule has 0 aromatic carbocycles. The number of guanidine groups is 1. The van der Waals surface area contributed by atoms with Crippen LogP contribution in [0, 0.1) is 6.92 Å². The molecule has 2 aromatic rings. The predicted octanol–water partition coefficient (Wildman–Crippen LogP) is 3.43. The zero-order valence-electron chi connectivity index (χ0n) is 17.2. The van der Waals surface area contributed by atoms with Crippen molar-refractivity contribution in [1.82, 2.24) is 25.1 Å². The molecule has 1 fully saturated rings. The second-order valence-electron chi connectivity index (χ2n) is 7.30. The van der Waals surface area contributed by atoms with E-state index in [1.807, 2.05) is 17.5 Å². The minimum absolute atomic E-state index is 0.405. The highest BCUT2D eigenvalue weighted by atomic mass is 32.1. The molecule has 154 valence electrons. The third-order valence-electron chi connectivity index (χ3n) is 5.26. The van der Waals surface area contributed by atoms with Gasteiger partial charge in [0.15, 0.2) is 5.96 Å². The molecule has 0 aliphatic carbocycles. The number of rotatable bonds is 10. The molecule has 1 aliphatic rings. The Hall–Kier alpha value is -1.86. The van der Waals surface area contributed by atoms with Gasteiger partial charge in [0.2, 0.25) is 0 Å². The fraction of sp³-hybridized carbons (Fsp3) is 0.619. The highest BCUT2D eigenvalue weighted by Crippen LogP contribution is 2.28. The number of thiophene rings is 1. The molecule has 3 heterocycles. The van der Waals surface area contributed by atoms with Crippen LogP contribution in [0.4, 0.5) is 0 Å². The molecule has 7 heteroatoms. The first-order valence-corrected chi connectivity index (χ1v) is 11.4. The van der Waals surface area contributed by atoms with Crippen molar-refractivity contribution in [1.29, 1.82) is 0 Å². The summed E-state index contributed by atoms with van der Waals surface area (Å²) in [6.07, 6.45) is 8.78. The number of unbranched alkanes of at least 4 members (excludes halogenated alkanes) is 1. The van der Waals surface area contributed by atoms with Crippen LogP contribution in [-0.2, 0) is 6.54 Å². The van der Waals surface area contributed by atoms with Gasteiger partial charge in [0, 0.05) is 36.9 Å².